The van der Waals surface area contributed by atoms with Crippen LogP contribution in [0.4, 0.5) is 0 Å². The van der Waals surface area contributed by atoms with E-state index in [0.29, 0.717) is 6.54 Å². The van der Waals surface area contributed by atoms with E-state index in [4.69, 9.17) is 0 Å². The SMILES string of the molecule is O=C(NCCCNCc1cccnc1)c1c[nH]c(=O)cn1. The molecule has 0 saturated carbocycles. The van der Waals surface area contributed by atoms with Crippen molar-refractivity contribution in [2.45, 2.75) is 13.0 Å². The zero-order chi connectivity index (χ0) is 14.9. The highest BCUT2D eigenvalue weighted by molar-refractivity contribution is 5.91. The molecule has 0 unspecified atom stereocenters. The highest BCUT2D eigenvalue weighted by Crippen LogP contribution is 1.94. The molecule has 0 aliphatic heterocycles. The maximum atomic E-state index is 11.7. The summed E-state index contributed by atoms with van der Waals surface area (Å²) in [4.78, 5) is 32.7. The highest BCUT2D eigenvalue weighted by atomic mass is 16.2. The number of nitrogens with one attached hydrogen (secondary N) is 3. The second kappa shape index (κ2) is 7.91. The van der Waals surface area contributed by atoms with Gasteiger partial charge in [-0.25, -0.2) is 4.98 Å². The second-order valence-electron chi connectivity index (χ2n) is 4.44. The Labute approximate surface area is 121 Å². The first kappa shape index (κ1) is 14.9. The Morgan fingerprint density at radius 2 is 2.19 bits per heavy atom. The molecule has 7 nitrogen and oxygen atoms in total. The standard InChI is InChI=1S/C14H17N5O2/c20-13-10-18-12(9-19-13)14(21)17-6-2-5-16-8-11-3-1-4-15-7-11/h1,3-4,7,9-10,16H,2,5-6,8H2,(H,17,21)(H,19,20). The van der Waals surface area contributed by atoms with Gasteiger partial charge >= 0.3 is 0 Å². The molecule has 2 heterocycles. The molecule has 2 rings (SSSR count). The van der Waals surface area contributed by atoms with Crippen molar-refractivity contribution in [3.63, 3.8) is 0 Å². The molecule has 0 spiro atoms. The largest absolute Gasteiger partial charge is 0.351 e. The molecule has 1 amide bonds. The number of carbonyl (C=O) groups excluding carboxylic acids is 1. The van der Waals surface area contributed by atoms with Crippen molar-refractivity contribution in [2.75, 3.05) is 13.1 Å². The molecular weight excluding hydrogens is 270 g/mol. The van der Waals surface area contributed by atoms with Gasteiger partial charge in [0.05, 0.1) is 6.20 Å². The molecule has 0 aliphatic carbocycles. The van der Waals surface area contributed by atoms with Gasteiger partial charge in [0.15, 0.2) is 0 Å². The Bertz CT molecular complexity index is 606. The number of aromatic nitrogens is 3. The zero-order valence-corrected chi connectivity index (χ0v) is 11.5. The minimum Gasteiger partial charge on any atom is -0.351 e. The van der Waals surface area contributed by atoms with E-state index in [-0.39, 0.29) is 17.2 Å². The quantitative estimate of drug-likeness (QED) is 0.626. The summed E-state index contributed by atoms with van der Waals surface area (Å²) < 4.78 is 0. The van der Waals surface area contributed by atoms with Crippen LogP contribution in [0.1, 0.15) is 22.5 Å². The summed E-state index contributed by atoms with van der Waals surface area (Å²) in [5.41, 5.74) is 1.00. The lowest BCUT2D eigenvalue weighted by atomic mass is 10.3. The van der Waals surface area contributed by atoms with Gasteiger partial charge in [-0.1, -0.05) is 6.07 Å². The molecule has 0 radical (unpaired) electrons. The van der Waals surface area contributed by atoms with Crippen molar-refractivity contribution in [3.05, 3.63) is 58.5 Å². The van der Waals surface area contributed by atoms with E-state index in [2.05, 4.69) is 25.6 Å². The minimum absolute atomic E-state index is 0.206. The van der Waals surface area contributed by atoms with Gasteiger partial charge in [-0.2, -0.15) is 0 Å². The number of nitrogens with zero attached hydrogens (tertiary/aromatic N) is 2. The lowest BCUT2D eigenvalue weighted by Crippen LogP contribution is -2.28. The van der Waals surface area contributed by atoms with Gasteiger partial charge in [-0.05, 0) is 24.6 Å². The van der Waals surface area contributed by atoms with Crippen LogP contribution in [0.3, 0.4) is 0 Å². The molecule has 3 N–H and O–H groups in total. The molecule has 0 bridgehead atoms. The molecule has 0 atom stereocenters. The lowest BCUT2D eigenvalue weighted by Gasteiger charge is -2.06. The number of hydrogen-bond donors (Lipinski definition) is 3. The van der Waals surface area contributed by atoms with Gasteiger partial charge in [0.1, 0.15) is 5.69 Å². The molecule has 2 aromatic rings. The average molecular weight is 287 g/mol. The molecule has 0 saturated heterocycles. The number of rotatable bonds is 7. The van der Waals surface area contributed by atoms with Gasteiger partial charge in [0.25, 0.3) is 11.5 Å². The Kier molecular flexibility index (Phi) is 5.60. The van der Waals surface area contributed by atoms with Crippen molar-refractivity contribution in [3.8, 4) is 0 Å². The van der Waals surface area contributed by atoms with Crippen LogP contribution in [0, 0.1) is 0 Å². The third-order valence-electron chi connectivity index (χ3n) is 2.77. The number of pyridine rings is 1. The van der Waals surface area contributed by atoms with Gasteiger partial charge < -0.3 is 15.6 Å². The van der Waals surface area contributed by atoms with Crippen LogP contribution in [-0.2, 0) is 6.54 Å². The van der Waals surface area contributed by atoms with E-state index in [0.717, 1.165) is 31.3 Å². The van der Waals surface area contributed by atoms with E-state index in [1.54, 1.807) is 6.20 Å². The van der Waals surface area contributed by atoms with Gasteiger partial charge in [-0.15, -0.1) is 0 Å². The Balaban J connectivity index is 1.60. The van der Waals surface area contributed by atoms with Crippen molar-refractivity contribution in [2.24, 2.45) is 0 Å². The first-order valence-electron chi connectivity index (χ1n) is 6.68. The van der Waals surface area contributed by atoms with Crippen LogP contribution in [-0.4, -0.2) is 33.9 Å². The van der Waals surface area contributed by atoms with Crippen molar-refractivity contribution < 1.29 is 4.79 Å². The van der Waals surface area contributed by atoms with Crippen molar-refractivity contribution >= 4 is 5.91 Å². The topological polar surface area (TPSA) is 99.8 Å². The summed E-state index contributed by atoms with van der Waals surface area (Å²) >= 11 is 0. The maximum absolute atomic E-state index is 11.7. The Hall–Kier alpha value is -2.54. The van der Waals surface area contributed by atoms with Crippen LogP contribution in [0.5, 0.6) is 0 Å². The Morgan fingerprint density at radius 1 is 1.29 bits per heavy atom. The molecule has 7 heteroatoms. The molecule has 21 heavy (non-hydrogen) atoms. The fraction of sp³-hybridized carbons (Fsp3) is 0.286. The number of hydrogen-bond acceptors (Lipinski definition) is 5. The van der Waals surface area contributed by atoms with Crippen LogP contribution in [0.15, 0.2) is 41.7 Å². The Morgan fingerprint density at radius 3 is 2.90 bits per heavy atom. The van der Waals surface area contributed by atoms with Crippen LogP contribution in [0.25, 0.3) is 0 Å². The minimum atomic E-state index is -0.328. The van der Waals surface area contributed by atoms with E-state index < -0.39 is 0 Å². The van der Waals surface area contributed by atoms with Gasteiger partial charge in [0.2, 0.25) is 0 Å². The monoisotopic (exact) mass is 287 g/mol. The zero-order valence-electron chi connectivity index (χ0n) is 11.5. The van der Waals surface area contributed by atoms with Gasteiger partial charge in [0, 0.05) is 31.7 Å². The summed E-state index contributed by atoms with van der Waals surface area (Å²) in [6.07, 6.45) is 6.75. The number of carbonyl (C=O) groups is 1. The average Bonchev–Trinajstić information content (AvgIpc) is 2.52. The van der Waals surface area contributed by atoms with Crippen LogP contribution in [0.2, 0.25) is 0 Å². The van der Waals surface area contributed by atoms with E-state index >= 15 is 0 Å². The van der Waals surface area contributed by atoms with Crippen molar-refractivity contribution in [1.29, 1.82) is 0 Å². The normalized spacial score (nSPS) is 10.3. The third kappa shape index (κ3) is 5.15. The summed E-state index contributed by atoms with van der Waals surface area (Å²) in [5.74, 6) is -0.293. The smallest absolute Gasteiger partial charge is 0.271 e. The summed E-state index contributed by atoms with van der Waals surface area (Å²) in [6, 6.07) is 3.90. The predicted octanol–water partition coefficient (Wildman–Crippen LogP) is 0.0746. The molecule has 0 fully saturated rings. The van der Waals surface area contributed by atoms with E-state index in [1.165, 1.54) is 6.20 Å². The van der Waals surface area contributed by atoms with Crippen LogP contribution >= 0.6 is 0 Å². The molecule has 2 aromatic heterocycles. The summed E-state index contributed by atoms with van der Waals surface area (Å²) in [6.45, 7) is 2.08. The first-order chi connectivity index (χ1) is 10.3. The number of amides is 1. The fourth-order valence-corrected chi connectivity index (χ4v) is 1.71. The highest BCUT2D eigenvalue weighted by Gasteiger charge is 2.05. The number of aromatic amines is 1. The summed E-state index contributed by atoms with van der Waals surface area (Å²) in [5, 5.41) is 6.01. The molecule has 0 aliphatic rings. The first-order valence-corrected chi connectivity index (χ1v) is 6.68. The van der Waals surface area contributed by atoms with Gasteiger partial charge in [-0.3, -0.25) is 14.6 Å². The van der Waals surface area contributed by atoms with Crippen molar-refractivity contribution in [1.82, 2.24) is 25.6 Å². The van der Waals surface area contributed by atoms with Crippen LogP contribution < -0.4 is 16.2 Å². The molecule has 110 valence electrons. The fourth-order valence-electron chi connectivity index (χ4n) is 1.71. The molecular formula is C14H17N5O2. The van der Waals surface area contributed by atoms with E-state index in [9.17, 15) is 9.59 Å². The predicted molar refractivity (Wildman–Crippen MR) is 77.8 cm³/mol. The summed E-state index contributed by atoms with van der Waals surface area (Å²) in [7, 11) is 0. The third-order valence-corrected chi connectivity index (χ3v) is 2.77. The number of H-pyrrole nitrogens is 1. The molecule has 0 aromatic carbocycles. The second-order valence-corrected chi connectivity index (χ2v) is 4.44. The van der Waals surface area contributed by atoms with E-state index in [1.807, 2.05) is 18.3 Å². The maximum Gasteiger partial charge on any atom is 0.271 e. The lowest BCUT2D eigenvalue weighted by molar-refractivity contribution is 0.0948.